The summed E-state index contributed by atoms with van der Waals surface area (Å²) in [7, 11) is 0. The summed E-state index contributed by atoms with van der Waals surface area (Å²) in [5.74, 6) is -4.32. The molecule has 3 aromatic carbocycles. The zero-order valence-corrected chi connectivity index (χ0v) is 18.4. The van der Waals surface area contributed by atoms with Gasteiger partial charge in [-0.25, -0.2) is 18.0 Å². The zero-order valence-electron chi connectivity index (χ0n) is 18.4. The normalized spacial score (nSPS) is 14.5. The molecule has 0 bridgehead atoms. The molecule has 0 spiro atoms. The fraction of sp³-hybridized carbons (Fsp3) is 0.185. The average molecular weight is 476 g/mol. The summed E-state index contributed by atoms with van der Waals surface area (Å²) in [6.07, 6.45) is 2.21. The quantitative estimate of drug-likeness (QED) is 0.346. The van der Waals surface area contributed by atoms with Gasteiger partial charge in [0.15, 0.2) is 11.6 Å². The van der Waals surface area contributed by atoms with Crippen LogP contribution in [-0.4, -0.2) is 20.7 Å². The lowest BCUT2D eigenvalue weighted by Gasteiger charge is -2.42. The molecular formula is C27H19F3N2O3. The number of carbonyl (C=O) groups is 1. The van der Waals surface area contributed by atoms with Gasteiger partial charge in [0, 0.05) is 40.9 Å². The lowest BCUT2D eigenvalue weighted by Crippen LogP contribution is -2.36. The number of phenols is 1. The second-order valence-corrected chi connectivity index (χ2v) is 8.83. The number of fused-ring (bicyclic) bond motifs is 1. The van der Waals surface area contributed by atoms with Gasteiger partial charge in [0.1, 0.15) is 11.6 Å². The summed E-state index contributed by atoms with van der Waals surface area (Å²) in [5.41, 5.74) is 1.43. The van der Waals surface area contributed by atoms with E-state index in [-0.39, 0.29) is 34.3 Å². The molecule has 1 aliphatic carbocycles. The van der Waals surface area contributed by atoms with Crippen LogP contribution in [0.25, 0.3) is 27.7 Å². The van der Waals surface area contributed by atoms with Crippen LogP contribution in [0.3, 0.4) is 0 Å². The van der Waals surface area contributed by atoms with Crippen molar-refractivity contribution in [3.63, 3.8) is 0 Å². The van der Waals surface area contributed by atoms with Gasteiger partial charge in [-0.2, -0.15) is 5.26 Å². The van der Waals surface area contributed by atoms with E-state index in [1.165, 1.54) is 24.3 Å². The van der Waals surface area contributed by atoms with Crippen LogP contribution in [0, 0.1) is 28.8 Å². The monoisotopic (exact) mass is 476 g/mol. The number of nitrogens with zero attached hydrogens (tertiary/aromatic N) is 2. The number of aromatic nitrogens is 1. The van der Waals surface area contributed by atoms with Crippen molar-refractivity contribution in [2.24, 2.45) is 0 Å². The van der Waals surface area contributed by atoms with E-state index in [0.29, 0.717) is 29.7 Å². The van der Waals surface area contributed by atoms with Crippen LogP contribution in [0.1, 0.15) is 41.7 Å². The molecule has 0 unspecified atom stereocenters. The highest BCUT2D eigenvalue weighted by Gasteiger charge is 2.44. The third-order valence-corrected chi connectivity index (χ3v) is 6.83. The third kappa shape index (κ3) is 3.51. The van der Waals surface area contributed by atoms with E-state index in [1.807, 2.05) is 0 Å². The zero-order chi connectivity index (χ0) is 24.9. The van der Waals surface area contributed by atoms with Crippen LogP contribution in [0.15, 0.2) is 54.6 Å². The Kier molecular flexibility index (Phi) is 5.28. The van der Waals surface area contributed by atoms with Crippen molar-refractivity contribution in [2.45, 2.75) is 31.1 Å². The molecule has 0 amide bonds. The van der Waals surface area contributed by atoms with E-state index < -0.39 is 28.8 Å². The van der Waals surface area contributed by atoms with E-state index in [2.05, 4.69) is 6.07 Å². The van der Waals surface area contributed by atoms with Crippen molar-refractivity contribution in [3.8, 4) is 28.6 Å². The smallest absolute Gasteiger partial charge is 0.335 e. The van der Waals surface area contributed by atoms with Crippen molar-refractivity contribution in [3.05, 3.63) is 83.3 Å². The Balaban J connectivity index is 1.95. The second kappa shape index (κ2) is 8.20. The molecular weight excluding hydrogens is 457 g/mol. The van der Waals surface area contributed by atoms with Crippen LogP contribution in [0.2, 0.25) is 0 Å². The van der Waals surface area contributed by atoms with Gasteiger partial charge in [-0.1, -0.05) is 18.6 Å². The molecule has 1 saturated carbocycles. The number of hydrogen-bond donors (Lipinski definition) is 2. The number of rotatable bonds is 5. The predicted molar refractivity (Wildman–Crippen MR) is 123 cm³/mol. The molecule has 0 atom stereocenters. The van der Waals surface area contributed by atoms with Crippen molar-refractivity contribution in [1.82, 2.24) is 4.57 Å². The lowest BCUT2D eigenvalue weighted by molar-refractivity contribution is 0.0697. The predicted octanol–water partition coefficient (Wildman–Crippen LogP) is 6.45. The molecule has 5 nitrogen and oxygen atoms in total. The molecule has 4 aromatic rings. The minimum atomic E-state index is -1.11. The van der Waals surface area contributed by atoms with Crippen molar-refractivity contribution < 1.29 is 28.2 Å². The van der Waals surface area contributed by atoms with E-state index in [0.717, 1.165) is 24.6 Å². The summed E-state index contributed by atoms with van der Waals surface area (Å²) in [6.45, 7) is 0. The number of hydrogen-bond acceptors (Lipinski definition) is 3. The molecule has 0 aliphatic heterocycles. The first-order valence-electron chi connectivity index (χ1n) is 11.0. The van der Waals surface area contributed by atoms with Crippen LogP contribution < -0.4 is 0 Å². The maximum absolute atomic E-state index is 14.5. The Morgan fingerprint density at radius 3 is 2.31 bits per heavy atom. The fourth-order valence-electron chi connectivity index (χ4n) is 5.07. The van der Waals surface area contributed by atoms with Gasteiger partial charge in [0.05, 0.1) is 22.5 Å². The molecule has 1 aliphatic rings. The van der Waals surface area contributed by atoms with Gasteiger partial charge < -0.3 is 14.8 Å². The Bertz CT molecular complexity index is 1530. The SMILES string of the molecule is N#CCC1(c2c(-c3ccc(C(=O)O)cc3)c3c(O)cc(F)cc3n2-c2ccc(F)c(F)c2)CCC1. The van der Waals surface area contributed by atoms with E-state index >= 15 is 0 Å². The molecule has 176 valence electrons. The first-order valence-corrected chi connectivity index (χ1v) is 11.0. The summed E-state index contributed by atoms with van der Waals surface area (Å²) >= 11 is 0. The number of nitriles is 1. The second-order valence-electron chi connectivity index (χ2n) is 8.83. The Morgan fingerprint density at radius 2 is 1.74 bits per heavy atom. The minimum Gasteiger partial charge on any atom is -0.507 e. The van der Waals surface area contributed by atoms with Crippen molar-refractivity contribution in [2.75, 3.05) is 0 Å². The van der Waals surface area contributed by atoms with Gasteiger partial charge in [-0.05, 0) is 48.7 Å². The molecule has 5 rings (SSSR count). The summed E-state index contributed by atoms with van der Waals surface area (Å²) in [5, 5.41) is 30.1. The minimum absolute atomic E-state index is 0.0605. The number of halogens is 3. The first kappa shape index (κ1) is 22.5. The Labute approximate surface area is 198 Å². The van der Waals surface area contributed by atoms with Crippen LogP contribution >= 0.6 is 0 Å². The Hall–Kier alpha value is -4.25. The van der Waals surface area contributed by atoms with E-state index in [9.17, 15) is 33.4 Å². The number of aromatic carboxylic acids is 1. The van der Waals surface area contributed by atoms with Crippen LogP contribution in [0.5, 0.6) is 5.75 Å². The van der Waals surface area contributed by atoms with Crippen LogP contribution in [0.4, 0.5) is 13.2 Å². The average Bonchev–Trinajstić information content (AvgIpc) is 3.13. The maximum Gasteiger partial charge on any atom is 0.335 e. The molecule has 35 heavy (non-hydrogen) atoms. The molecule has 1 heterocycles. The van der Waals surface area contributed by atoms with E-state index in [1.54, 1.807) is 16.7 Å². The lowest BCUT2D eigenvalue weighted by atomic mass is 9.63. The number of carboxylic acid groups (broad SMARTS) is 1. The Morgan fingerprint density at radius 1 is 1.03 bits per heavy atom. The van der Waals surface area contributed by atoms with Crippen molar-refractivity contribution >= 4 is 16.9 Å². The van der Waals surface area contributed by atoms with Gasteiger partial charge in [-0.15, -0.1) is 0 Å². The highest BCUT2D eigenvalue weighted by atomic mass is 19.2. The van der Waals surface area contributed by atoms with Crippen molar-refractivity contribution in [1.29, 1.82) is 5.26 Å². The number of benzene rings is 3. The third-order valence-electron chi connectivity index (χ3n) is 6.83. The summed E-state index contributed by atoms with van der Waals surface area (Å²) in [6, 6.07) is 13.7. The standard InChI is InChI=1S/C27H19F3N2O3/c28-17-12-21-24(22(33)13-17)23(15-2-4-16(5-3-15)26(34)35)25(27(10-11-31)8-1-9-27)32(21)18-6-7-19(29)20(30)14-18/h2-7,12-14,33H,1,8-10H2,(H,34,35). The van der Waals surface area contributed by atoms with Gasteiger partial charge >= 0.3 is 5.97 Å². The summed E-state index contributed by atoms with van der Waals surface area (Å²) < 4.78 is 44.2. The molecule has 0 radical (unpaired) electrons. The number of aromatic hydroxyl groups is 1. The van der Waals surface area contributed by atoms with Gasteiger partial charge in [0.25, 0.3) is 0 Å². The highest BCUT2D eigenvalue weighted by Crippen LogP contribution is 2.54. The molecule has 2 N–H and O–H groups in total. The summed E-state index contributed by atoms with van der Waals surface area (Å²) in [4.78, 5) is 11.4. The first-order chi connectivity index (χ1) is 16.8. The largest absolute Gasteiger partial charge is 0.507 e. The van der Waals surface area contributed by atoms with Crippen LogP contribution in [-0.2, 0) is 5.41 Å². The maximum atomic E-state index is 14.5. The topological polar surface area (TPSA) is 86.2 Å². The fourth-order valence-corrected chi connectivity index (χ4v) is 5.07. The molecule has 0 saturated heterocycles. The molecule has 8 heteroatoms. The number of carboxylic acids is 1. The number of phenolic OH excluding ortho intramolecular Hbond substituents is 1. The molecule has 1 aromatic heterocycles. The van der Waals surface area contributed by atoms with Gasteiger partial charge in [0.2, 0.25) is 0 Å². The van der Waals surface area contributed by atoms with Gasteiger partial charge in [-0.3, -0.25) is 0 Å². The highest BCUT2D eigenvalue weighted by molar-refractivity contribution is 6.04. The van der Waals surface area contributed by atoms with E-state index in [4.69, 9.17) is 0 Å². The molecule has 1 fully saturated rings.